The molecule has 10 atom stereocenters. The van der Waals surface area contributed by atoms with Crippen LogP contribution in [0.4, 0.5) is 0 Å². The molecule has 0 saturated heterocycles. The summed E-state index contributed by atoms with van der Waals surface area (Å²) in [4.78, 5) is 152. The zero-order valence-electron chi connectivity index (χ0n) is 48.2. The van der Waals surface area contributed by atoms with Gasteiger partial charge in [0.25, 0.3) is 0 Å². The van der Waals surface area contributed by atoms with Crippen LogP contribution in [0.1, 0.15) is 96.3 Å². The zero-order chi connectivity index (χ0) is 62.5. The summed E-state index contributed by atoms with van der Waals surface area (Å²) in [6, 6.07) is 5.74. The van der Waals surface area contributed by atoms with Crippen molar-refractivity contribution in [2.24, 2.45) is 34.8 Å². The number of aliphatic hydroxyl groups excluding tert-OH is 1. The van der Waals surface area contributed by atoms with E-state index >= 15 is 0 Å². The second-order valence-electron chi connectivity index (χ2n) is 21.0. The van der Waals surface area contributed by atoms with Crippen LogP contribution in [0, 0.1) is 11.8 Å². The van der Waals surface area contributed by atoms with Gasteiger partial charge in [0, 0.05) is 31.7 Å². The molecule has 0 radical (unpaired) electrons. The Kier molecular flexibility index (Phi) is 30.0. The number of phenolic OH excluding ortho intramolecular Hbond substituents is 1. The van der Waals surface area contributed by atoms with Crippen LogP contribution in [-0.2, 0) is 72.0 Å². The maximum absolute atomic E-state index is 14.3. The molecule has 0 saturated carbocycles. The van der Waals surface area contributed by atoms with Crippen LogP contribution >= 0.6 is 0 Å². The van der Waals surface area contributed by atoms with E-state index in [-0.39, 0.29) is 50.2 Å². The number of carbonyl (C=O) groups excluding carboxylic acids is 11. The number of primary amides is 2. The number of aromatic nitrogens is 1. The Balaban J connectivity index is 1.78. The first-order chi connectivity index (χ1) is 39.8. The minimum Gasteiger partial charge on any atom is -0.508 e. The molecule has 0 spiro atoms. The lowest BCUT2D eigenvalue weighted by Gasteiger charge is -2.29. The number of phenols is 1. The van der Waals surface area contributed by atoms with Gasteiger partial charge in [0.15, 0.2) is 0 Å². The van der Waals surface area contributed by atoms with Gasteiger partial charge in [0.05, 0.1) is 19.2 Å². The minimum atomic E-state index is -1.58. The van der Waals surface area contributed by atoms with Crippen molar-refractivity contribution in [3.8, 4) is 5.75 Å². The fraction of sp³-hybridized carbons (Fsp3) is 0.509. The molecule has 11 amide bonds. The number of nitrogens with two attached hydrogens (primary N) is 4. The van der Waals surface area contributed by atoms with Crippen LogP contribution in [0.2, 0.25) is 0 Å². The lowest BCUT2D eigenvalue weighted by atomic mass is 9.95. The predicted molar refractivity (Wildman–Crippen MR) is 309 cm³/mol. The van der Waals surface area contributed by atoms with E-state index in [1.165, 1.54) is 31.2 Å². The average molecular weight is 1170 g/mol. The van der Waals surface area contributed by atoms with Gasteiger partial charge in [-0.05, 0) is 98.7 Å². The van der Waals surface area contributed by atoms with Crippen molar-refractivity contribution in [2.75, 3.05) is 19.7 Å². The van der Waals surface area contributed by atoms with E-state index in [1.807, 2.05) is 13.8 Å². The van der Waals surface area contributed by atoms with E-state index < -0.39 is 145 Å². The van der Waals surface area contributed by atoms with Crippen molar-refractivity contribution in [1.29, 1.82) is 0 Å². The van der Waals surface area contributed by atoms with E-state index in [4.69, 9.17) is 22.9 Å². The number of hydrogen-bond donors (Lipinski definition) is 15. The average Bonchev–Trinajstić information content (AvgIpc) is 3.49. The Hall–Kier alpha value is -8.56. The topological polar surface area (TPSA) is 453 Å². The van der Waals surface area contributed by atoms with Crippen LogP contribution in [0.15, 0.2) is 79.1 Å². The summed E-state index contributed by atoms with van der Waals surface area (Å²) in [5.41, 5.74) is 24.4. The molecule has 0 aliphatic heterocycles. The fourth-order valence-electron chi connectivity index (χ4n) is 8.49. The minimum absolute atomic E-state index is 0.0802. The largest absolute Gasteiger partial charge is 0.508 e. The quantitative estimate of drug-likeness (QED) is 0.0258. The van der Waals surface area contributed by atoms with Gasteiger partial charge < -0.3 is 81.0 Å². The molecule has 19 N–H and O–H groups in total. The SMILES string of the molecule is CC[C@H](C)[C@H](NC(=O)[C@H](CC(C)C)NC(=O)[C@@H](N)Cc1cccnc1)C(=O)N[C@@H](Cc1ccc(O)cc1)C(=O)N[C@@H](C)C(=O)N[C@@H](CCC(N)=O)C(=O)NCC(=O)N[C@@H](Cc1ccccc1)C(=O)N[C@@H](CO)C(=O)N[C@@H](CCCCN)C(N)=O. The molecule has 1 aromatic heterocycles. The van der Waals surface area contributed by atoms with Crippen LogP contribution in [0.25, 0.3) is 0 Å². The second kappa shape index (κ2) is 36.1. The first-order valence-electron chi connectivity index (χ1n) is 27.9. The Labute approximate surface area is 488 Å². The van der Waals surface area contributed by atoms with Crippen LogP contribution in [-0.4, -0.2) is 154 Å². The summed E-state index contributed by atoms with van der Waals surface area (Å²) < 4.78 is 0. The second-order valence-corrected chi connectivity index (χ2v) is 21.0. The third-order valence-electron chi connectivity index (χ3n) is 13.5. The molecule has 0 bridgehead atoms. The summed E-state index contributed by atoms with van der Waals surface area (Å²) in [5, 5.41) is 42.9. The molecule has 0 fully saturated rings. The van der Waals surface area contributed by atoms with Crippen molar-refractivity contribution in [2.45, 2.75) is 153 Å². The number of aliphatic hydroxyl groups is 1. The molecule has 1 heterocycles. The molecular formula is C57H84N14O13. The number of carbonyl (C=O) groups is 11. The molecule has 84 heavy (non-hydrogen) atoms. The van der Waals surface area contributed by atoms with Gasteiger partial charge in [0.2, 0.25) is 65.0 Å². The van der Waals surface area contributed by atoms with Gasteiger partial charge in [0.1, 0.15) is 54.1 Å². The molecule has 0 unspecified atom stereocenters. The number of nitrogens with one attached hydrogen (secondary N) is 9. The Bertz CT molecular complexity index is 2670. The van der Waals surface area contributed by atoms with Crippen LogP contribution in [0.3, 0.4) is 0 Å². The highest BCUT2D eigenvalue weighted by Gasteiger charge is 2.35. The van der Waals surface area contributed by atoms with Crippen LogP contribution < -0.4 is 70.8 Å². The third-order valence-corrected chi connectivity index (χ3v) is 13.5. The van der Waals surface area contributed by atoms with E-state index in [2.05, 4.69) is 52.8 Å². The summed E-state index contributed by atoms with van der Waals surface area (Å²) in [6.45, 7) is 7.12. The first-order valence-corrected chi connectivity index (χ1v) is 27.9. The predicted octanol–water partition coefficient (Wildman–Crippen LogP) is -2.88. The van der Waals surface area contributed by atoms with Crippen molar-refractivity contribution in [1.82, 2.24) is 52.8 Å². The number of aromatic hydroxyl groups is 1. The maximum Gasteiger partial charge on any atom is 0.245 e. The number of hydrogen-bond acceptors (Lipinski definition) is 16. The molecule has 460 valence electrons. The fourth-order valence-corrected chi connectivity index (χ4v) is 8.49. The number of nitrogens with zero attached hydrogens (tertiary/aromatic N) is 1. The van der Waals surface area contributed by atoms with E-state index in [0.717, 1.165) is 0 Å². The lowest BCUT2D eigenvalue weighted by molar-refractivity contribution is -0.136. The highest BCUT2D eigenvalue weighted by molar-refractivity contribution is 5.98. The van der Waals surface area contributed by atoms with E-state index in [0.29, 0.717) is 42.5 Å². The van der Waals surface area contributed by atoms with E-state index in [1.54, 1.807) is 68.7 Å². The number of unbranched alkanes of at least 4 members (excludes halogenated alkanes) is 1. The Morgan fingerprint density at radius 3 is 1.70 bits per heavy atom. The van der Waals surface area contributed by atoms with E-state index in [9.17, 15) is 63.0 Å². The van der Waals surface area contributed by atoms with Gasteiger partial charge in [-0.15, -0.1) is 0 Å². The third kappa shape index (κ3) is 24.9. The highest BCUT2D eigenvalue weighted by Crippen LogP contribution is 2.15. The van der Waals surface area contributed by atoms with Crippen molar-refractivity contribution < 1.29 is 63.0 Å². The number of benzene rings is 2. The first kappa shape index (κ1) is 69.7. The van der Waals surface area contributed by atoms with Crippen molar-refractivity contribution in [3.05, 3.63) is 95.8 Å². The summed E-state index contributed by atoms with van der Waals surface area (Å²) in [7, 11) is 0. The van der Waals surface area contributed by atoms with Gasteiger partial charge in [-0.1, -0.05) is 82.6 Å². The standard InChI is InChI=1S/C57H84N14O13/c1-6-33(4)48(71-55(82)42(25-32(2)3)68-51(78)39(59)26-37-15-12-24-62-29-37)57(84)69-44(28-36-17-19-38(73)20-18-36)53(80)64-34(5)50(77)67-41(21-22-46(60)74)52(79)63-30-47(75)65-43(27-35-13-8-7-9-14-35)54(81)70-45(31-72)56(83)66-40(49(61)76)16-10-11-23-58/h7-9,12-15,17-20,24,29,32-34,39-45,48,72-73H,6,10-11,16,21-23,25-28,30-31,58-59H2,1-5H3,(H2,60,74)(H2,61,76)(H,63,79)(H,64,80)(H,65,75)(H,66,83)(H,67,77)(H,68,78)(H,69,84)(H,70,81)(H,71,82)/t33-,34-,39-,40-,41-,42-,43-,44-,45-,48-/m0/s1. The molecule has 0 aliphatic rings. The number of rotatable bonds is 37. The van der Waals surface area contributed by atoms with Crippen LogP contribution in [0.5, 0.6) is 5.75 Å². The van der Waals surface area contributed by atoms with Crippen molar-refractivity contribution >= 4 is 65.0 Å². The Morgan fingerprint density at radius 1 is 0.560 bits per heavy atom. The highest BCUT2D eigenvalue weighted by atomic mass is 16.3. The molecule has 0 aliphatic carbocycles. The molecule has 2 aromatic carbocycles. The molecular weight excluding hydrogens is 1090 g/mol. The smallest absolute Gasteiger partial charge is 0.245 e. The van der Waals surface area contributed by atoms with Gasteiger partial charge in [-0.25, -0.2) is 0 Å². The molecule has 27 nitrogen and oxygen atoms in total. The molecule has 27 heteroatoms. The monoisotopic (exact) mass is 1170 g/mol. The summed E-state index contributed by atoms with van der Waals surface area (Å²) in [5.74, 6) is -10.0. The van der Waals surface area contributed by atoms with Gasteiger partial charge in [-0.3, -0.25) is 57.7 Å². The van der Waals surface area contributed by atoms with Gasteiger partial charge in [-0.2, -0.15) is 0 Å². The van der Waals surface area contributed by atoms with Crippen molar-refractivity contribution in [3.63, 3.8) is 0 Å². The number of amides is 11. The zero-order valence-corrected chi connectivity index (χ0v) is 48.2. The lowest BCUT2D eigenvalue weighted by Crippen LogP contribution is -2.61. The molecule has 3 aromatic rings. The van der Waals surface area contributed by atoms with Gasteiger partial charge >= 0.3 is 0 Å². The molecule has 3 rings (SSSR count). The maximum atomic E-state index is 14.3. The summed E-state index contributed by atoms with van der Waals surface area (Å²) in [6.07, 6.45) is 3.91. The normalized spacial score (nSPS) is 14.6. The number of pyridine rings is 1. The summed E-state index contributed by atoms with van der Waals surface area (Å²) >= 11 is 0. The Morgan fingerprint density at radius 2 is 1.12 bits per heavy atom.